The Morgan fingerprint density at radius 1 is 1.08 bits per heavy atom. The molecule has 0 aliphatic carbocycles. The van der Waals surface area contributed by atoms with Gasteiger partial charge in [-0.05, 0) is 36.6 Å². The van der Waals surface area contributed by atoms with Crippen LogP contribution >= 0.6 is 0 Å². The summed E-state index contributed by atoms with van der Waals surface area (Å²) >= 11 is 0. The molecule has 3 N–H and O–H groups in total. The Bertz CT molecular complexity index is 817. The van der Waals surface area contributed by atoms with E-state index in [1.165, 1.54) is 11.1 Å². The second-order valence-corrected chi connectivity index (χ2v) is 6.08. The lowest BCUT2D eigenvalue weighted by Gasteiger charge is -2.12. The molecule has 25 heavy (non-hydrogen) atoms. The summed E-state index contributed by atoms with van der Waals surface area (Å²) < 4.78 is 0. The van der Waals surface area contributed by atoms with Crippen molar-refractivity contribution in [3.63, 3.8) is 0 Å². The van der Waals surface area contributed by atoms with Crippen molar-refractivity contribution in [2.24, 2.45) is 4.99 Å². The molecule has 0 unspecified atom stereocenters. The summed E-state index contributed by atoms with van der Waals surface area (Å²) in [7, 11) is 1.80. The number of hydrogen-bond donors (Lipinski definition) is 3. The van der Waals surface area contributed by atoms with E-state index in [-0.39, 0.29) is 0 Å². The highest BCUT2D eigenvalue weighted by Gasteiger charge is 2.03. The predicted octanol–water partition coefficient (Wildman–Crippen LogP) is 3.17. The monoisotopic (exact) mass is 335 g/mol. The molecule has 1 aromatic heterocycles. The summed E-state index contributed by atoms with van der Waals surface area (Å²) in [4.78, 5) is 12.3. The van der Waals surface area contributed by atoms with Gasteiger partial charge in [0.15, 0.2) is 5.96 Å². The molecular formula is C20H25N5. The average Bonchev–Trinajstić information content (AvgIpc) is 3.05. The van der Waals surface area contributed by atoms with Crippen LogP contribution in [0, 0.1) is 6.92 Å². The van der Waals surface area contributed by atoms with Crippen molar-refractivity contribution in [2.75, 3.05) is 13.6 Å². The molecule has 0 spiro atoms. The van der Waals surface area contributed by atoms with Crippen molar-refractivity contribution in [1.29, 1.82) is 0 Å². The van der Waals surface area contributed by atoms with Gasteiger partial charge >= 0.3 is 0 Å². The fourth-order valence-corrected chi connectivity index (χ4v) is 2.79. The second kappa shape index (κ2) is 8.33. The number of rotatable bonds is 6. The van der Waals surface area contributed by atoms with E-state index in [0.29, 0.717) is 0 Å². The molecule has 0 saturated heterocycles. The smallest absolute Gasteiger partial charge is 0.191 e. The van der Waals surface area contributed by atoms with Crippen LogP contribution in [0.3, 0.4) is 0 Å². The van der Waals surface area contributed by atoms with Gasteiger partial charge in [-0.25, -0.2) is 4.98 Å². The van der Waals surface area contributed by atoms with Crippen LogP contribution in [-0.4, -0.2) is 29.5 Å². The summed E-state index contributed by atoms with van der Waals surface area (Å²) in [6.45, 7) is 3.75. The third-order valence-electron chi connectivity index (χ3n) is 4.25. The van der Waals surface area contributed by atoms with Gasteiger partial charge < -0.3 is 15.6 Å². The van der Waals surface area contributed by atoms with Gasteiger partial charge in [-0.1, -0.05) is 36.4 Å². The lowest BCUT2D eigenvalue weighted by molar-refractivity contribution is 0.725. The van der Waals surface area contributed by atoms with Crippen LogP contribution in [0.15, 0.2) is 53.5 Å². The number of fused-ring (bicyclic) bond motifs is 1. The van der Waals surface area contributed by atoms with Gasteiger partial charge in [-0.15, -0.1) is 0 Å². The first-order chi connectivity index (χ1) is 12.3. The number of aromatic amines is 1. The van der Waals surface area contributed by atoms with E-state index in [9.17, 15) is 0 Å². The largest absolute Gasteiger partial charge is 0.356 e. The number of benzene rings is 2. The highest BCUT2D eigenvalue weighted by atomic mass is 15.2. The van der Waals surface area contributed by atoms with E-state index in [4.69, 9.17) is 0 Å². The van der Waals surface area contributed by atoms with Crippen LogP contribution in [0.1, 0.15) is 23.4 Å². The number of aliphatic imine (C=N–C) groups is 1. The van der Waals surface area contributed by atoms with E-state index in [0.717, 1.165) is 48.7 Å². The van der Waals surface area contributed by atoms with Gasteiger partial charge in [0.25, 0.3) is 0 Å². The van der Waals surface area contributed by atoms with Crippen molar-refractivity contribution in [3.8, 4) is 0 Å². The summed E-state index contributed by atoms with van der Waals surface area (Å²) in [5, 5.41) is 6.72. The number of aryl methyl sites for hydroxylation is 2. The van der Waals surface area contributed by atoms with Crippen molar-refractivity contribution in [1.82, 2.24) is 20.6 Å². The van der Waals surface area contributed by atoms with Gasteiger partial charge in [-0.3, -0.25) is 4.99 Å². The number of aromatic nitrogens is 2. The molecule has 2 aromatic carbocycles. The molecule has 0 atom stereocenters. The summed E-state index contributed by atoms with van der Waals surface area (Å²) in [5.41, 5.74) is 4.70. The molecule has 0 aliphatic heterocycles. The number of para-hydroxylation sites is 2. The first-order valence-corrected chi connectivity index (χ1v) is 8.69. The van der Waals surface area contributed by atoms with E-state index in [2.05, 4.69) is 62.8 Å². The van der Waals surface area contributed by atoms with Crippen LogP contribution in [0.25, 0.3) is 11.0 Å². The van der Waals surface area contributed by atoms with Crippen molar-refractivity contribution in [3.05, 3.63) is 65.5 Å². The fourth-order valence-electron chi connectivity index (χ4n) is 2.79. The Balaban J connectivity index is 1.43. The van der Waals surface area contributed by atoms with Gasteiger partial charge in [-0.2, -0.15) is 0 Å². The maximum atomic E-state index is 4.61. The fraction of sp³-hybridized carbons (Fsp3) is 0.300. The van der Waals surface area contributed by atoms with Gasteiger partial charge in [0, 0.05) is 26.6 Å². The topological polar surface area (TPSA) is 65.1 Å². The van der Waals surface area contributed by atoms with Gasteiger partial charge in [0.1, 0.15) is 5.82 Å². The lowest BCUT2D eigenvalue weighted by atomic mass is 10.1. The molecular weight excluding hydrogens is 310 g/mol. The molecule has 0 fully saturated rings. The molecule has 0 bridgehead atoms. The minimum absolute atomic E-state index is 0.774. The van der Waals surface area contributed by atoms with E-state index < -0.39 is 0 Å². The van der Waals surface area contributed by atoms with Crippen molar-refractivity contribution >= 4 is 17.0 Å². The third-order valence-corrected chi connectivity index (χ3v) is 4.25. The molecule has 0 saturated carbocycles. The number of nitrogens with one attached hydrogen (secondary N) is 3. The molecule has 3 aromatic rings. The summed E-state index contributed by atoms with van der Waals surface area (Å²) in [6, 6.07) is 16.5. The number of guanidine groups is 1. The third kappa shape index (κ3) is 4.59. The lowest BCUT2D eigenvalue weighted by Crippen LogP contribution is -2.37. The minimum Gasteiger partial charge on any atom is -0.356 e. The van der Waals surface area contributed by atoms with Crippen LogP contribution in [0.4, 0.5) is 0 Å². The number of nitrogens with zero attached hydrogens (tertiary/aromatic N) is 2. The Hall–Kier alpha value is -2.82. The summed E-state index contributed by atoms with van der Waals surface area (Å²) in [5.74, 6) is 1.86. The molecule has 5 heteroatoms. The van der Waals surface area contributed by atoms with E-state index in [1.54, 1.807) is 7.05 Å². The standard InChI is InChI=1S/C20H25N5/c1-15-8-3-4-9-16(15)14-23-20(21-2)22-13-7-12-19-24-17-10-5-6-11-18(17)25-19/h3-6,8-11H,7,12-14H2,1-2H3,(H,24,25)(H2,21,22,23). The highest BCUT2D eigenvalue weighted by molar-refractivity contribution is 5.79. The SMILES string of the molecule is CN=C(NCCCc1nc2ccccc2[nH]1)NCc1ccccc1C. The molecule has 130 valence electrons. The highest BCUT2D eigenvalue weighted by Crippen LogP contribution is 2.11. The van der Waals surface area contributed by atoms with Crippen molar-refractivity contribution in [2.45, 2.75) is 26.3 Å². The van der Waals surface area contributed by atoms with Crippen LogP contribution in [0.5, 0.6) is 0 Å². The average molecular weight is 335 g/mol. The number of imidazole rings is 1. The second-order valence-electron chi connectivity index (χ2n) is 6.08. The molecule has 0 aliphatic rings. The van der Waals surface area contributed by atoms with Gasteiger partial charge in [0.05, 0.1) is 11.0 Å². The zero-order chi connectivity index (χ0) is 17.5. The zero-order valence-corrected chi connectivity index (χ0v) is 14.8. The van der Waals surface area contributed by atoms with Crippen LogP contribution < -0.4 is 10.6 Å². The molecule has 1 heterocycles. The maximum absolute atomic E-state index is 4.61. The Morgan fingerprint density at radius 2 is 1.88 bits per heavy atom. The Labute approximate surface area is 148 Å². The first kappa shape index (κ1) is 17.0. The quantitative estimate of drug-likeness (QED) is 0.368. The van der Waals surface area contributed by atoms with Crippen molar-refractivity contribution < 1.29 is 0 Å². The predicted molar refractivity (Wildman–Crippen MR) is 104 cm³/mol. The molecule has 0 radical (unpaired) electrons. The normalized spacial score (nSPS) is 11.7. The van der Waals surface area contributed by atoms with E-state index in [1.807, 2.05) is 18.2 Å². The Morgan fingerprint density at radius 3 is 2.68 bits per heavy atom. The van der Waals surface area contributed by atoms with E-state index >= 15 is 0 Å². The maximum Gasteiger partial charge on any atom is 0.191 e. The molecule has 3 rings (SSSR count). The Kier molecular flexibility index (Phi) is 5.67. The molecule has 0 amide bonds. The minimum atomic E-state index is 0.774. The summed E-state index contributed by atoms with van der Waals surface area (Å²) in [6.07, 6.45) is 1.90. The first-order valence-electron chi connectivity index (χ1n) is 8.69. The van der Waals surface area contributed by atoms with Crippen LogP contribution in [0.2, 0.25) is 0 Å². The number of hydrogen-bond acceptors (Lipinski definition) is 2. The molecule has 5 nitrogen and oxygen atoms in total. The number of H-pyrrole nitrogens is 1. The van der Waals surface area contributed by atoms with Crippen LogP contribution in [-0.2, 0) is 13.0 Å². The van der Waals surface area contributed by atoms with Gasteiger partial charge in [0.2, 0.25) is 0 Å². The zero-order valence-electron chi connectivity index (χ0n) is 14.8.